The second kappa shape index (κ2) is 9.45. The molecule has 7 heteroatoms. The third-order valence-electron chi connectivity index (χ3n) is 5.23. The zero-order chi connectivity index (χ0) is 20.9. The molecule has 0 unspecified atom stereocenters. The van der Waals surface area contributed by atoms with E-state index in [1.807, 2.05) is 49.1 Å². The van der Waals surface area contributed by atoms with Crippen LogP contribution in [0.1, 0.15) is 18.1 Å². The molecule has 1 atom stereocenters. The molecular formula is C23H26N4O2S. The van der Waals surface area contributed by atoms with Crippen LogP contribution in [0.15, 0.2) is 64.2 Å². The Morgan fingerprint density at radius 3 is 2.57 bits per heavy atom. The molecule has 30 heavy (non-hydrogen) atoms. The Balaban J connectivity index is 1.29. The van der Waals surface area contributed by atoms with Crippen LogP contribution in [-0.2, 0) is 11.3 Å². The van der Waals surface area contributed by atoms with Gasteiger partial charge in [0.25, 0.3) is 5.22 Å². The summed E-state index contributed by atoms with van der Waals surface area (Å²) in [5.41, 5.74) is 3.33. The first kappa shape index (κ1) is 20.6. The van der Waals surface area contributed by atoms with E-state index in [0.717, 1.165) is 43.9 Å². The first-order chi connectivity index (χ1) is 14.6. The van der Waals surface area contributed by atoms with E-state index in [0.29, 0.717) is 11.1 Å². The van der Waals surface area contributed by atoms with Crippen molar-refractivity contribution in [3.63, 3.8) is 0 Å². The highest BCUT2D eigenvalue weighted by atomic mass is 32.2. The molecule has 0 spiro atoms. The number of aromatic nitrogens is 2. The number of piperazine rings is 1. The number of carbonyl (C=O) groups is 1. The molecule has 2 heterocycles. The van der Waals surface area contributed by atoms with Gasteiger partial charge in [0, 0.05) is 38.3 Å². The summed E-state index contributed by atoms with van der Waals surface area (Å²) in [4.78, 5) is 17.2. The van der Waals surface area contributed by atoms with Gasteiger partial charge in [-0.1, -0.05) is 59.8 Å². The minimum atomic E-state index is -0.267. The second-order valence-corrected chi connectivity index (χ2v) is 8.88. The maximum atomic E-state index is 12.9. The van der Waals surface area contributed by atoms with Crippen molar-refractivity contribution < 1.29 is 9.21 Å². The first-order valence-corrected chi connectivity index (χ1v) is 11.1. The largest absolute Gasteiger partial charge is 0.411 e. The summed E-state index contributed by atoms with van der Waals surface area (Å²) in [6.45, 7) is 8.11. The standard InChI is InChI=1S/C23H26N4O2S/c1-17-7-6-10-20(15-17)21-24-25-23(29-21)30-18(2)22(28)27-13-11-26(12-14-27)16-19-8-4-3-5-9-19/h3-10,15,18H,11-14,16H2,1-2H3/t18-/m0/s1. The van der Waals surface area contributed by atoms with Crippen molar-refractivity contribution in [2.24, 2.45) is 0 Å². The van der Waals surface area contributed by atoms with Gasteiger partial charge in [0.1, 0.15) is 0 Å². The fraction of sp³-hybridized carbons (Fsp3) is 0.348. The number of nitrogens with zero attached hydrogens (tertiary/aromatic N) is 4. The second-order valence-electron chi connectivity index (χ2n) is 7.59. The minimum Gasteiger partial charge on any atom is -0.411 e. The molecule has 1 aliphatic rings. The molecule has 0 aliphatic carbocycles. The fourth-order valence-electron chi connectivity index (χ4n) is 3.58. The van der Waals surface area contributed by atoms with Crippen molar-refractivity contribution in [3.05, 3.63) is 65.7 Å². The van der Waals surface area contributed by atoms with Gasteiger partial charge in [-0.25, -0.2) is 0 Å². The molecule has 3 aromatic rings. The highest BCUT2D eigenvalue weighted by Crippen LogP contribution is 2.27. The van der Waals surface area contributed by atoms with Crippen molar-refractivity contribution in [2.45, 2.75) is 30.9 Å². The van der Waals surface area contributed by atoms with Crippen LogP contribution in [0, 0.1) is 6.92 Å². The summed E-state index contributed by atoms with van der Waals surface area (Å²) >= 11 is 1.32. The van der Waals surface area contributed by atoms with Crippen LogP contribution in [0.3, 0.4) is 0 Å². The molecule has 1 fully saturated rings. The van der Waals surface area contributed by atoms with Crippen LogP contribution in [-0.4, -0.2) is 57.3 Å². The molecule has 2 aromatic carbocycles. The van der Waals surface area contributed by atoms with Gasteiger partial charge in [-0.15, -0.1) is 10.2 Å². The van der Waals surface area contributed by atoms with Crippen molar-refractivity contribution in [2.75, 3.05) is 26.2 Å². The number of rotatable bonds is 6. The van der Waals surface area contributed by atoms with E-state index < -0.39 is 0 Å². The summed E-state index contributed by atoms with van der Waals surface area (Å²) in [5.74, 6) is 0.602. The zero-order valence-electron chi connectivity index (χ0n) is 17.3. The number of hydrogen-bond acceptors (Lipinski definition) is 6. The minimum absolute atomic E-state index is 0.120. The van der Waals surface area contributed by atoms with Crippen LogP contribution in [0.25, 0.3) is 11.5 Å². The number of aryl methyl sites for hydroxylation is 1. The van der Waals surface area contributed by atoms with Crippen molar-refractivity contribution >= 4 is 17.7 Å². The number of amides is 1. The Kier molecular flexibility index (Phi) is 6.50. The number of thioether (sulfide) groups is 1. The Morgan fingerprint density at radius 2 is 1.83 bits per heavy atom. The van der Waals surface area contributed by atoms with Crippen LogP contribution in [0.5, 0.6) is 0 Å². The smallest absolute Gasteiger partial charge is 0.277 e. The SMILES string of the molecule is Cc1cccc(-c2nnc(S[C@@H](C)C(=O)N3CCN(Cc4ccccc4)CC3)o2)c1. The van der Waals surface area contributed by atoms with Gasteiger partial charge in [-0.3, -0.25) is 9.69 Å². The average molecular weight is 423 g/mol. The highest BCUT2D eigenvalue weighted by Gasteiger charge is 2.27. The molecule has 1 aliphatic heterocycles. The quantitative estimate of drug-likeness (QED) is 0.562. The molecule has 1 aromatic heterocycles. The maximum absolute atomic E-state index is 12.9. The number of benzene rings is 2. The molecule has 0 radical (unpaired) electrons. The van der Waals surface area contributed by atoms with Gasteiger partial charge < -0.3 is 9.32 Å². The van der Waals surface area contributed by atoms with E-state index >= 15 is 0 Å². The van der Waals surface area contributed by atoms with E-state index in [1.54, 1.807) is 0 Å². The zero-order valence-corrected chi connectivity index (χ0v) is 18.1. The summed E-state index contributed by atoms with van der Waals surface area (Å²) in [5, 5.41) is 8.41. The predicted molar refractivity (Wildman–Crippen MR) is 118 cm³/mol. The topological polar surface area (TPSA) is 62.5 Å². The summed E-state index contributed by atoms with van der Waals surface area (Å²) in [7, 11) is 0. The van der Waals surface area contributed by atoms with E-state index in [9.17, 15) is 4.79 Å². The summed E-state index contributed by atoms with van der Waals surface area (Å²) in [6.07, 6.45) is 0. The molecule has 156 valence electrons. The maximum Gasteiger partial charge on any atom is 0.277 e. The molecule has 6 nitrogen and oxygen atoms in total. The van der Waals surface area contributed by atoms with Gasteiger partial charge in [-0.05, 0) is 31.5 Å². The van der Waals surface area contributed by atoms with Gasteiger partial charge in [0.15, 0.2) is 0 Å². The van der Waals surface area contributed by atoms with Crippen LogP contribution < -0.4 is 0 Å². The Labute approximate surface area is 181 Å². The lowest BCUT2D eigenvalue weighted by atomic mass is 10.1. The third-order valence-corrected chi connectivity index (χ3v) is 6.15. The summed E-state index contributed by atoms with van der Waals surface area (Å²) in [6, 6.07) is 18.4. The molecule has 0 bridgehead atoms. The van der Waals surface area contributed by atoms with Gasteiger partial charge >= 0.3 is 0 Å². The molecule has 1 saturated heterocycles. The molecular weight excluding hydrogens is 396 g/mol. The van der Waals surface area contributed by atoms with Crippen molar-refractivity contribution in [3.8, 4) is 11.5 Å². The van der Waals surface area contributed by atoms with E-state index in [-0.39, 0.29) is 11.2 Å². The van der Waals surface area contributed by atoms with Crippen LogP contribution in [0.2, 0.25) is 0 Å². The molecule has 0 saturated carbocycles. The molecule has 1 amide bonds. The van der Waals surface area contributed by atoms with Crippen LogP contribution >= 0.6 is 11.8 Å². The van der Waals surface area contributed by atoms with Crippen molar-refractivity contribution in [1.29, 1.82) is 0 Å². The normalized spacial score (nSPS) is 15.9. The first-order valence-electron chi connectivity index (χ1n) is 10.2. The van der Waals surface area contributed by atoms with Gasteiger partial charge in [0.2, 0.25) is 11.8 Å². The van der Waals surface area contributed by atoms with E-state index in [4.69, 9.17) is 4.42 Å². The Hall–Kier alpha value is -2.64. The fourth-order valence-corrected chi connectivity index (χ4v) is 4.35. The molecule has 4 rings (SSSR count). The summed E-state index contributed by atoms with van der Waals surface area (Å²) < 4.78 is 5.78. The number of hydrogen-bond donors (Lipinski definition) is 0. The number of carbonyl (C=O) groups excluding carboxylic acids is 1. The van der Waals surface area contributed by atoms with E-state index in [1.165, 1.54) is 17.3 Å². The Morgan fingerprint density at radius 1 is 1.07 bits per heavy atom. The predicted octanol–water partition coefficient (Wildman–Crippen LogP) is 3.87. The monoisotopic (exact) mass is 422 g/mol. The van der Waals surface area contributed by atoms with Crippen molar-refractivity contribution in [1.82, 2.24) is 20.0 Å². The van der Waals surface area contributed by atoms with Gasteiger partial charge in [-0.2, -0.15) is 0 Å². The lowest BCUT2D eigenvalue weighted by Gasteiger charge is -2.35. The highest BCUT2D eigenvalue weighted by molar-refractivity contribution is 8.00. The lowest BCUT2D eigenvalue weighted by molar-refractivity contribution is -0.132. The average Bonchev–Trinajstić information content (AvgIpc) is 3.23. The van der Waals surface area contributed by atoms with E-state index in [2.05, 4.69) is 39.4 Å². The lowest BCUT2D eigenvalue weighted by Crippen LogP contribution is -2.50. The molecule has 0 N–H and O–H groups in total. The van der Waals surface area contributed by atoms with Crippen LogP contribution in [0.4, 0.5) is 0 Å². The van der Waals surface area contributed by atoms with Gasteiger partial charge in [0.05, 0.1) is 5.25 Å². The third kappa shape index (κ3) is 5.09. The Bertz CT molecular complexity index is 984.